The van der Waals surface area contributed by atoms with Crippen LogP contribution in [0, 0.1) is 11.7 Å². The van der Waals surface area contributed by atoms with Crippen LogP contribution >= 0.6 is 0 Å². The summed E-state index contributed by atoms with van der Waals surface area (Å²) in [6.45, 7) is -0.238. The lowest BCUT2D eigenvalue weighted by molar-refractivity contribution is -0.139. The molecular weight excluding hydrogens is 351 g/mol. The standard InChI is InChI=1S/C20H19FN2O4/c1-27-18(24)11-22-19(25)12-5-4-6-13(9-12)23-20(26)16-10-15(16)14-7-2-3-8-17(14)21/h2-9,15-16H,10-11H2,1H3,(H,22,25)(H,23,26). The van der Waals surface area contributed by atoms with Crippen molar-refractivity contribution in [3.63, 3.8) is 0 Å². The third kappa shape index (κ3) is 4.49. The average molecular weight is 370 g/mol. The number of esters is 1. The minimum atomic E-state index is -0.555. The van der Waals surface area contributed by atoms with Crippen molar-refractivity contribution in [2.45, 2.75) is 12.3 Å². The molecule has 27 heavy (non-hydrogen) atoms. The predicted octanol–water partition coefficient (Wildman–Crippen LogP) is 2.47. The number of anilines is 1. The van der Waals surface area contributed by atoms with Crippen molar-refractivity contribution >= 4 is 23.5 Å². The summed E-state index contributed by atoms with van der Waals surface area (Å²) in [5.41, 5.74) is 1.32. The fourth-order valence-corrected chi connectivity index (χ4v) is 2.90. The summed E-state index contributed by atoms with van der Waals surface area (Å²) in [6, 6.07) is 12.8. The Labute approximate surface area is 155 Å². The van der Waals surface area contributed by atoms with Gasteiger partial charge in [0, 0.05) is 17.2 Å². The van der Waals surface area contributed by atoms with Crippen LogP contribution in [0.5, 0.6) is 0 Å². The van der Waals surface area contributed by atoms with Crippen LogP contribution < -0.4 is 10.6 Å². The molecule has 0 bridgehead atoms. The number of carbonyl (C=O) groups is 3. The summed E-state index contributed by atoms with van der Waals surface area (Å²) in [6.07, 6.45) is 0.589. The molecule has 2 aromatic rings. The number of rotatable bonds is 6. The number of ether oxygens (including phenoxy) is 1. The number of benzene rings is 2. The number of nitrogens with one attached hydrogen (secondary N) is 2. The minimum Gasteiger partial charge on any atom is -0.468 e. The summed E-state index contributed by atoms with van der Waals surface area (Å²) >= 11 is 0. The summed E-state index contributed by atoms with van der Waals surface area (Å²) in [4.78, 5) is 35.6. The van der Waals surface area contributed by atoms with Crippen LogP contribution in [0.25, 0.3) is 0 Å². The number of carbonyl (C=O) groups excluding carboxylic acids is 3. The van der Waals surface area contributed by atoms with E-state index in [9.17, 15) is 18.8 Å². The number of halogens is 1. The average Bonchev–Trinajstić information content (AvgIpc) is 3.47. The molecule has 2 amide bonds. The van der Waals surface area contributed by atoms with Gasteiger partial charge in [-0.2, -0.15) is 0 Å². The summed E-state index contributed by atoms with van der Waals surface area (Å²) in [5, 5.41) is 5.19. The third-order valence-corrected chi connectivity index (χ3v) is 4.45. The Bertz CT molecular complexity index is 884. The highest BCUT2D eigenvalue weighted by atomic mass is 19.1. The molecule has 7 heteroatoms. The van der Waals surface area contributed by atoms with E-state index < -0.39 is 11.9 Å². The highest BCUT2D eigenvalue weighted by Gasteiger charge is 2.45. The Morgan fingerprint density at radius 3 is 2.67 bits per heavy atom. The molecule has 1 fully saturated rings. The first-order valence-corrected chi connectivity index (χ1v) is 8.50. The van der Waals surface area contributed by atoms with Crippen LogP contribution in [-0.4, -0.2) is 31.4 Å². The van der Waals surface area contributed by atoms with Crippen molar-refractivity contribution in [1.82, 2.24) is 5.32 Å². The fourth-order valence-electron chi connectivity index (χ4n) is 2.90. The van der Waals surface area contributed by atoms with Crippen LogP contribution in [0.3, 0.4) is 0 Å². The first-order valence-electron chi connectivity index (χ1n) is 8.50. The maximum absolute atomic E-state index is 13.8. The van der Waals surface area contributed by atoms with Crippen LogP contribution in [0.4, 0.5) is 10.1 Å². The van der Waals surface area contributed by atoms with E-state index in [1.807, 2.05) is 0 Å². The molecule has 2 unspecified atom stereocenters. The molecule has 1 aliphatic rings. The molecule has 2 atom stereocenters. The maximum atomic E-state index is 13.8. The lowest BCUT2D eigenvalue weighted by Gasteiger charge is -2.08. The van der Waals surface area contributed by atoms with Crippen LogP contribution in [0.2, 0.25) is 0 Å². The highest BCUT2D eigenvalue weighted by Crippen LogP contribution is 2.48. The smallest absolute Gasteiger partial charge is 0.325 e. The van der Waals surface area contributed by atoms with Gasteiger partial charge in [-0.3, -0.25) is 14.4 Å². The van der Waals surface area contributed by atoms with Gasteiger partial charge in [0.05, 0.1) is 7.11 Å². The van der Waals surface area contributed by atoms with Gasteiger partial charge >= 0.3 is 5.97 Å². The second kappa shape index (κ2) is 7.99. The summed E-state index contributed by atoms with van der Waals surface area (Å²) in [5.74, 6) is -1.94. The van der Waals surface area contributed by atoms with E-state index in [1.54, 1.807) is 36.4 Å². The van der Waals surface area contributed by atoms with Gasteiger partial charge in [-0.25, -0.2) is 4.39 Å². The molecule has 2 N–H and O–H groups in total. The topological polar surface area (TPSA) is 84.5 Å². The Balaban J connectivity index is 1.60. The van der Waals surface area contributed by atoms with Crippen molar-refractivity contribution in [3.05, 3.63) is 65.5 Å². The molecule has 0 spiro atoms. The third-order valence-electron chi connectivity index (χ3n) is 4.45. The lowest BCUT2D eigenvalue weighted by Crippen LogP contribution is -2.30. The van der Waals surface area contributed by atoms with Crippen molar-refractivity contribution in [2.24, 2.45) is 5.92 Å². The van der Waals surface area contributed by atoms with Gasteiger partial charge in [-0.1, -0.05) is 24.3 Å². The highest BCUT2D eigenvalue weighted by molar-refractivity contribution is 5.99. The number of hydrogen-bond acceptors (Lipinski definition) is 4. The monoisotopic (exact) mass is 370 g/mol. The largest absolute Gasteiger partial charge is 0.468 e. The molecule has 2 aromatic carbocycles. The van der Waals surface area contributed by atoms with E-state index in [0.29, 0.717) is 23.2 Å². The fraction of sp³-hybridized carbons (Fsp3) is 0.250. The number of hydrogen-bond donors (Lipinski definition) is 2. The first kappa shape index (κ1) is 18.6. The molecular formula is C20H19FN2O4. The van der Waals surface area contributed by atoms with Gasteiger partial charge in [-0.05, 0) is 42.2 Å². The molecule has 3 rings (SSSR count). The molecule has 1 saturated carbocycles. The molecule has 0 aliphatic heterocycles. The zero-order valence-electron chi connectivity index (χ0n) is 14.7. The molecule has 0 heterocycles. The lowest BCUT2D eigenvalue weighted by atomic mass is 10.1. The van der Waals surface area contributed by atoms with Gasteiger partial charge < -0.3 is 15.4 Å². The predicted molar refractivity (Wildman–Crippen MR) is 96.7 cm³/mol. The molecule has 0 aromatic heterocycles. The maximum Gasteiger partial charge on any atom is 0.325 e. The van der Waals surface area contributed by atoms with E-state index in [2.05, 4.69) is 15.4 Å². The second-order valence-electron chi connectivity index (χ2n) is 6.30. The SMILES string of the molecule is COC(=O)CNC(=O)c1cccc(NC(=O)C2CC2c2ccccc2F)c1. The zero-order valence-corrected chi connectivity index (χ0v) is 14.7. The van der Waals surface area contributed by atoms with Crippen LogP contribution in [-0.2, 0) is 14.3 Å². The molecule has 0 saturated heterocycles. The number of methoxy groups -OCH3 is 1. The zero-order chi connectivity index (χ0) is 19.4. The van der Waals surface area contributed by atoms with E-state index in [-0.39, 0.29) is 30.1 Å². The second-order valence-corrected chi connectivity index (χ2v) is 6.30. The Morgan fingerprint density at radius 1 is 1.15 bits per heavy atom. The van der Waals surface area contributed by atoms with Gasteiger partial charge in [0.15, 0.2) is 0 Å². The van der Waals surface area contributed by atoms with Gasteiger partial charge in [0.2, 0.25) is 5.91 Å². The van der Waals surface area contributed by atoms with Crippen molar-refractivity contribution in [2.75, 3.05) is 19.0 Å². The van der Waals surface area contributed by atoms with Gasteiger partial charge in [-0.15, -0.1) is 0 Å². The van der Waals surface area contributed by atoms with Gasteiger partial charge in [0.1, 0.15) is 12.4 Å². The van der Waals surface area contributed by atoms with Crippen LogP contribution in [0.1, 0.15) is 28.3 Å². The molecule has 140 valence electrons. The van der Waals surface area contributed by atoms with E-state index in [0.717, 1.165) is 0 Å². The van der Waals surface area contributed by atoms with Crippen LogP contribution in [0.15, 0.2) is 48.5 Å². The van der Waals surface area contributed by atoms with E-state index >= 15 is 0 Å². The number of amides is 2. The van der Waals surface area contributed by atoms with E-state index in [4.69, 9.17) is 0 Å². The molecule has 6 nitrogen and oxygen atoms in total. The van der Waals surface area contributed by atoms with Crippen molar-refractivity contribution in [3.8, 4) is 0 Å². The normalized spacial score (nSPS) is 17.7. The van der Waals surface area contributed by atoms with Crippen molar-refractivity contribution < 1.29 is 23.5 Å². The first-order chi connectivity index (χ1) is 13.0. The quantitative estimate of drug-likeness (QED) is 0.765. The van der Waals surface area contributed by atoms with Gasteiger partial charge in [0.25, 0.3) is 5.91 Å². The summed E-state index contributed by atoms with van der Waals surface area (Å²) < 4.78 is 18.3. The molecule has 1 aliphatic carbocycles. The molecule has 0 radical (unpaired) electrons. The minimum absolute atomic E-state index is 0.127. The van der Waals surface area contributed by atoms with Crippen molar-refractivity contribution in [1.29, 1.82) is 0 Å². The Hall–Kier alpha value is -3.22. The Kier molecular flexibility index (Phi) is 5.49. The summed E-state index contributed by atoms with van der Waals surface area (Å²) in [7, 11) is 1.23. The van der Waals surface area contributed by atoms with E-state index in [1.165, 1.54) is 19.2 Å². The Morgan fingerprint density at radius 2 is 1.93 bits per heavy atom.